The molecule has 4 rings (SSSR count). The Labute approximate surface area is 159 Å². The molecule has 0 saturated heterocycles. The fourth-order valence-corrected chi connectivity index (χ4v) is 3.61. The second kappa shape index (κ2) is 7.16. The van der Waals surface area contributed by atoms with Crippen molar-refractivity contribution >= 4 is 32.6 Å². The van der Waals surface area contributed by atoms with Crippen molar-refractivity contribution in [2.24, 2.45) is 0 Å². The topological polar surface area (TPSA) is 81.4 Å². The van der Waals surface area contributed by atoms with Gasteiger partial charge in [-0.3, -0.25) is 14.7 Å². The van der Waals surface area contributed by atoms with Crippen molar-refractivity contribution < 1.29 is 14.1 Å². The Morgan fingerprint density at radius 1 is 1.26 bits per heavy atom. The fraction of sp³-hybridized carbons (Fsp3) is 0.158. The van der Waals surface area contributed by atoms with Gasteiger partial charge in [0.15, 0.2) is 10.8 Å². The number of ether oxygens (including phenoxy) is 1. The first-order valence-corrected chi connectivity index (χ1v) is 9.05. The van der Waals surface area contributed by atoms with Crippen LogP contribution in [0.3, 0.4) is 0 Å². The van der Waals surface area contributed by atoms with E-state index in [-0.39, 0.29) is 18.1 Å². The lowest BCUT2D eigenvalue weighted by atomic mass is 10.3. The number of amides is 1. The van der Waals surface area contributed by atoms with Crippen LogP contribution in [0.4, 0.5) is 5.13 Å². The van der Waals surface area contributed by atoms with Crippen LogP contribution in [0, 0.1) is 6.92 Å². The number of fused-ring (bicyclic) bond motifs is 1. The highest BCUT2D eigenvalue weighted by Gasteiger charge is 2.24. The highest BCUT2D eigenvalue weighted by Crippen LogP contribution is 2.32. The van der Waals surface area contributed by atoms with Crippen molar-refractivity contribution in [2.75, 3.05) is 12.0 Å². The summed E-state index contributed by atoms with van der Waals surface area (Å²) in [5, 5.41) is 4.42. The monoisotopic (exact) mass is 380 g/mol. The van der Waals surface area contributed by atoms with Crippen molar-refractivity contribution in [3.63, 3.8) is 0 Å². The van der Waals surface area contributed by atoms with Crippen LogP contribution >= 0.6 is 11.3 Å². The fourth-order valence-electron chi connectivity index (χ4n) is 2.62. The zero-order valence-electron chi connectivity index (χ0n) is 14.7. The number of benzene rings is 1. The second-order valence-corrected chi connectivity index (χ2v) is 6.87. The molecule has 0 aliphatic heterocycles. The molecule has 0 spiro atoms. The minimum Gasteiger partial charge on any atom is -0.497 e. The number of nitrogens with zero attached hydrogens (tertiary/aromatic N) is 4. The highest BCUT2D eigenvalue weighted by molar-refractivity contribution is 7.22. The maximum absolute atomic E-state index is 13.1. The Morgan fingerprint density at radius 3 is 2.85 bits per heavy atom. The van der Waals surface area contributed by atoms with Gasteiger partial charge in [0.2, 0.25) is 0 Å². The molecule has 27 heavy (non-hydrogen) atoms. The van der Waals surface area contributed by atoms with E-state index in [9.17, 15) is 4.79 Å². The standard InChI is InChI=1S/C19H16N4O3S/c1-12-9-16(22-26-12)18(24)23(11-13-5-3-4-8-20-13)19-21-15-7-6-14(25-2)10-17(15)27-19/h3-10H,11H2,1-2H3. The molecule has 3 heterocycles. The molecule has 0 unspecified atom stereocenters. The number of aromatic nitrogens is 3. The van der Waals surface area contributed by atoms with Crippen molar-refractivity contribution in [3.05, 3.63) is 65.8 Å². The van der Waals surface area contributed by atoms with Gasteiger partial charge in [0.1, 0.15) is 11.5 Å². The van der Waals surface area contributed by atoms with E-state index in [2.05, 4.69) is 15.1 Å². The summed E-state index contributed by atoms with van der Waals surface area (Å²) in [5.74, 6) is 1.03. The first-order chi connectivity index (χ1) is 13.1. The lowest BCUT2D eigenvalue weighted by Crippen LogP contribution is -2.31. The maximum atomic E-state index is 13.1. The third kappa shape index (κ3) is 3.52. The summed E-state index contributed by atoms with van der Waals surface area (Å²) in [4.78, 5) is 23.6. The molecule has 7 nitrogen and oxygen atoms in total. The molecule has 0 N–H and O–H groups in total. The number of rotatable bonds is 5. The van der Waals surface area contributed by atoms with Crippen LogP contribution < -0.4 is 9.64 Å². The molecule has 136 valence electrons. The molecule has 0 atom stereocenters. The summed E-state index contributed by atoms with van der Waals surface area (Å²) in [7, 11) is 1.62. The van der Waals surface area contributed by atoms with E-state index in [1.807, 2.05) is 36.4 Å². The number of methoxy groups -OCH3 is 1. The molecule has 0 fully saturated rings. The van der Waals surface area contributed by atoms with Gasteiger partial charge in [-0.05, 0) is 37.3 Å². The average molecular weight is 380 g/mol. The van der Waals surface area contributed by atoms with Gasteiger partial charge >= 0.3 is 0 Å². The van der Waals surface area contributed by atoms with Gasteiger partial charge in [-0.1, -0.05) is 22.6 Å². The summed E-state index contributed by atoms with van der Waals surface area (Å²) in [5.41, 5.74) is 1.79. The number of pyridine rings is 1. The molecular formula is C19H16N4O3S. The summed E-state index contributed by atoms with van der Waals surface area (Å²) in [6, 6.07) is 12.8. The number of anilines is 1. The van der Waals surface area contributed by atoms with Gasteiger partial charge in [-0.15, -0.1) is 0 Å². The lowest BCUT2D eigenvalue weighted by Gasteiger charge is -2.18. The van der Waals surface area contributed by atoms with Gasteiger partial charge in [0.25, 0.3) is 5.91 Å². The highest BCUT2D eigenvalue weighted by atomic mass is 32.1. The summed E-state index contributed by atoms with van der Waals surface area (Å²) >= 11 is 1.41. The Morgan fingerprint density at radius 2 is 2.15 bits per heavy atom. The SMILES string of the molecule is COc1ccc2nc(N(Cc3ccccn3)C(=O)c3cc(C)on3)sc2c1. The Hall–Kier alpha value is -3.26. The number of carbonyl (C=O) groups is 1. The van der Waals surface area contributed by atoms with E-state index in [1.54, 1.807) is 31.2 Å². The Balaban J connectivity index is 1.75. The smallest absolute Gasteiger partial charge is 0.282 e. The van der Waals surface area contributed by atoms with Crippen LogP contribution in [0.5, 0.6) is 5.75 Å². The van der Waals surface area contributed by atoms with Crippen LogP contribution in [-0.2, 0) is 6.54 Å². The molecule has 0 aliphatic carbocycles. The third-order valence-electron chi connectivity index (χ3n) is 3.95. The van der Waals surface area contributed by atoms with Gasteiger partial charge < -0.3 is 9.26 Å². The molecule has 1 aromatic carbocycles. The second-order valence-electron chi connectivity index (χ2n) is 5.87. The minimum absolute atomic E-state index is 0.236. The van der Waals surface area contributed by atoms with Gasteiger partial charge in [0, 0.05) is 12.3 Å². The number of carbonyl (C=O) groups excluding carboxylic acids is 1. The van der Waals surface area contributed by atoms with Crippen LogP contribution in [0.25, 0.3) is 10.2 Å². The summed E-state index contributed by atoms with van der Waals surface area (Å²) < 4.78 is 11.3. The van der Waals surface area contributed by atoms with E-state index >= 15 is 0 Å². The van der Waals surface area contributed by atoms with Crippen molar-refractivity contribution in [2.45, 2.75) is 13.5 Å². The zero-order valence-corrected chi connectivity index (χ0v) is 15.6. The molecule has 3 aromatic heterocycles. The van der Waals surface area contributed by atoms with Crippen molar-refractivity contribution in [1.29, 1.82) is 0 Å². The lowest BCUT2D eigenvalue weighted by molar-refractivity contribution is 0.0976. The van der Waals surface area contributed by atoms with E-state index in [0.717, 1.165) is 21.7 Å². The van der Waals surface area contributed by atoms with E-state index in [4.69, 9.17) is 9.26 Å². The number of thiazole rings is 1. The van der Waals surface area contributed by atoms with Crippen molar-refractivity contribution in [3.8, 4) is 5.75 Å². The van der Waals surface area contributed by atoms with Crippen LogP contribution in [0.2, 0.25) is 0 Å². The van der Waals surface area contributed by atoms with Gasteiger partial charge in [-0.25, -0.2) is 4.98 Å². The normalized spacial score (nSPS) is 10.9. The largest absolute Gasteiger partial charge is 0.497 e. The quantitative estimate of drug-likeness (QED) is 0.523. The number of aryl methyl sites for hydroxylation is 1. The van der Waals surface area contributed by atoms with E-state index < -0.39 is 0 Å². The maximum Gasteiger partial charge on any atom is 0.282 e. The molecule has 8 heteroatoms. The predicted octanol–water partition coefficient (Wildman–Crippen LogP) is 3.84. The summed E-state index contributed by atoms with van der Waals surface area (Å²) in [6.07, 6.45) is 1.70. The predicted molar refractivity (Wildman–Crippen MR) is 102 cm³/mol. The average Bonchev–Trinajstić information content (AvgIpc) is 3.31. The molecule has 0 radical (unpaired) electrons. The number of hydrogen-bond donors (Lipinski definition) is 0. The molecule has 0 bridgehead atoms. The van der Waals surface area contributed by atoms with Crippen LogP contribution in [0.15, 0.2) is 53.2 Å². The molecular weight excluding hydrogens is 364 g/mol. The van der Waals surface area contributed by atoms with Crippen molar-refractivity contribution in [1.82, 2.24) is 15.1 Å². The first kappa shape index (κ1) is 17.2. The molecule has 4 aromatic rings. The molecule has 0 saturated carbocycles. The zero-order chi connectivity index (χ0) is 18.8. The first-order valence-electron chi connectivity index (χ1n) is 8.24. The Bertz CT molecular complexity index is 1090. The van der Waals surface area contributed by atoms with Crippen LogP contribution in [-0.4, -0.2) is 28.1 Å². The third-order valence-corrected chi connectivity index (χ3v) is 4.99. The van der Waals surface area contributed by atoms with Gasteiger partial charge in [-0.2, -0.15) is 0 Å². The van der Waals surface area contributed by atoms with Crippen LogP contribution in [0.1, 0.15) is 21.9 Å². The summed E-state index contributed by atoms with van der Waals surface area (Å²) in [6.45, 7) is 2.03. The van der Waals surface area contributed by atoms with E-state index in [0.29, 0.717) is 10.9 Å². The number of hydrogen-bond acceptors (Lipinski definition) is 7. The minimum atomic E-state index is -0.288. The molecule has 0 aliphatic rings. The molecule has 1 amide bonds. The van der Waals surface area contributed by atoms with E-state index in [1.165, 1.54) is 11.3 Å². The van der Waals surface area contributed by atoms with Gasteiger partial charge in [0.05, 0.1) is 29.6 Å². The Kier molecular flexibility index (Phi) is 4.55.